The monoisotopic (exact) mass is 387 g/mol. The van der Waals surface area contributed by atoms with E-state index >= 15 is 0 Å². The third-order valence-corrected chi connectivity index (χ3v) is 4.63. The van der Waals surface area contributed by atoms with Crippen molar-refractivity contribution in [3.63, 3.8) is 0 Å². The normalized spacial score (nSPS) is 19.3. The number of primary amides is 1. The molecule has 0 radical (unpaired) electrons. The summed E-state index contributed by atoms with van der Waals surface area (Å²) in [5, 5.41) is 2.70. The van der Waals surface area contributed by atoms with E-state index < -0.39 is 12.4 Å². The molecule has 2 rings (SSSR count). The lowest BCUT2D eigenvalue weighted by molar-refractivity contribution is -0.274. The Morgan fingerprint density at radius 3 is 2.59 bits per heavy atom. The van der Waals surface area contributed by atoms with Gasteiger partial charge in [-0.05, 0) is 62.9 Å². The predicted octanol–water partition coefficient (Wildman–Crippen LogP) is 2.89. The van der Waals surface area contributed by atoms with E-state index in [9.17, 15) is 22.8 Å². The molecule has 6 nitrogen and oxygen atoms in total. The first-order valence-corrected chi connectivity index (χ1v) is 8.83. The van der Waals surface area contributed by atoms with E-state index in [-0.39, 0.29) is 17.6 Å². The van der Waals surface area contributed by atoms with Gasteiger partial charge in [-0.2, -0.15) is 0 Å². The van der Waals surface area contributed by atoms with Crippen LogP contribution in [-0.4, -0.2) is 42.2 Å². The highest BCUT2D eigenvalue weighted by Crippen LogP contribution is 2.25. The van der Waals surface area contributed by atoms with E-state index in [1.807, 2.05) is 4.90 Å². The van der Waals surface area contributed by atoms with E-state index in [1.165, 1.54) is 12.1 Å². The zero-order valence-corrected chi connectivity index (χ0v) is 15.1. The van der Waals surface area contributed by atoms with Crippen molar-refractivity contribution in [2.45, 2.75) is 45.0 Å². The number of carbonyl (C=O) groups is 2. The molecule has 1 saturated heterocycles. The predicted molar refractivity (Wildman–Crippen MR) is 93.9 cm³/mol. The number of hydrogen-bond acceptors (Lipinski definition) is 4. The Morgan fingerprint density at radius 1 is 1.33 bits per heavy atom. The number of benzene rings is 1. The highest BCUT2D eigenvalue weighted by atomic mass is 19.4. The van der Waals surface area contributed by atoms with Crippen LogP contribution in [0.25, 0.3) is 0 Å². The van der Waals surface area contributed by atoms with E-state index in [1.54, 1.807) is 6.92 Å². The largest absolute Gasteiger partial charge is 0.573 e. The molecule has 2 unspecified atom stereocenters. The zero-order valence-electron chi connectivity index (χ0n) is 15.1. The van der Waals surface area contributed by atoms with Gasteiger partial charge in [-0.15, -0.1) is 13.2 Å². The summed E-state index contributed by atoms with van der Waals surface area (Å²) in [6, 6.07) is 4.62. The summed E-state index contributed by atoms with van der Waals surface area (Å²) in [6.07, 6.45) is -1.77. The van der Waals surface area contributed by atoms with Crippen LogP contribution in [0.2, 0.25) is 0 Å². The Labute approximate surface area is 155 Å². The third-order valence-electron chi connectivity index (χ3n) is 4.63. The zero-order chi connectivity index (χ0) is 20.0. The summed E-state index contributed by atoms with van der Waals surface area (Å²) in [5.41, 5.74) is 5.59. The minimum atomic E-state index is -4.75. The van der Waals surface area contributed by atoms with Crippen LogP contribution in [0.4, 0.5) is 18.9 Å². The van der Waals surface area contributed by atoms with Gasteiger partial charge in [-0.3, -0.25) is 14.5 Å². The van der Waals surface area contributed by atoms with Crippen molar-refractivity contribution in [1.29, 1.82) is 0 Å². The minimum absolute atomic E-state index is 0.241. The number of hydrogen-bond donors (Lipinski definition) is 2. The molecule has 2 atom stereocenters. The number of amides is 2. The molecule has 0 aromatic heterocycles. The molecule has 27 heavy (non-hydrogen) atoms. The summed E-state index contributed by atoms with van der Waals surface area (Å²) < 4.78 is 40.3. The van der Waals surface area contributed by atoms with Crippen molar-refractivity contribution in [1.82, 2.24) is 4.90 Å². The maximum atomic E-state index is 12.5. The molecular weight excluding hydrogens is 363 g/mol. The molecule has 0 spiro atoms. The molecule has 1 aliphatic heterocycles. The molecule has 1 fully saturated rings. The van der Waals surface area contributed by atoms with Gasteiger partial charge in [0.2, 0.25) is 11.8 Å². The average molecular weight is 387 g/mol. The van der Waals surface area contributed by atoms with Crippen LogP contribution in [0.15, 0.2) is 24.3 Å². The topological polar surface area (TPSA) is 84.7 Å². The van der Waals surface area contributed by atoms with Crippen molar-refractivity contribution >= 4 is 17.5 Å². The van der Waals surface area contributed by atoms with Gasteiger partial charge in [-0.1, -0.05) is 0 Å². The van der Waals surface area contributed by atoms with E-state index in [0.717, 1.165) is 31.5 Å². The molecular formula is C18H24F3N3O3. The van der Waals surface area contributed by atoms with Crippen LogP contribution in [0.1, 0.15) is 32.6 Å². The Balaban J connectivity index is 1.88. The quantitative estimate of drug-likeness (QED) is 0.754. The SMILES string of the molecule is CC(C(=O)Nc1ccc(OC(F)(F)F)cc1)N1CCCC(CCC(N)=O)C1. The number of piperidine rings is 1. The van der Waals surface area contributed by atoms with Crippen LogP contribution in [-0.2, 0) is 9.59 Å². The summed E-state index contributed by atoms with van der Waals surface area (Å²) >= 11 is 0. The molecule has 1 aromatic rings. The minimum Gasteiger partial charge on any atom is -0.406 e. The molecule has 1 heterocycles. The number of halogens is 3. The maximum absolute atomic E-state index is 12.5. The highest BCUT2D eigenvalue weighted by molar-refractivity contribution is 5.94. The van der Waals surface area contributed by atoms with Crippen LogP contribution in [0.5, 0.6) is 5.75 Å². The van der Waals surface area contributed by atoms with Crippen LogP contribution >= 0.6 is 0 Å². The van der Waals surface area contributed by atoms with E-state index in [2.05, 4.69) is 10.1 Å². The Hall–Kier alpha value is -2.29. The number of ether oxygens (including phenoxy) is 1. The van der Waals surface area contributed by atoms with Crippen molar-refractivity contribution in [3.8, 4) is 5.75 Å². The van der Waals surface area contributed by atoms with Crippen LogP contribution in [0, 0.1) is 5.92 Å². The van der Waals surface area contributed by atoms with Crippen molar-refractivity contribution in [3.05, 3.63) is 24.3 Å². The first-order chi connectivity index (χ1) is 12.6. The summed E-state index contributed by atoms with van der Waals surface area (Å²) in [4.78, 5) is 25.4. The third kappa shape index (κ3) is 7.09. The second-order valence-electron chi connectivity index (χ2n) is 6.75. The molecule has 2 amide bonds. The Kier molecular flexibility index (Phi) is 7.06. The lowest BCUT2D eigenvalue weighted by Crippen LogP contribution is -2.47. The van der Waals surface area contributed by atoms with Gasteiger partial charge < -0.3 is 15.8 Å². The number of nitrogens with two attached hydrogens (primary N) is 1. The number of nitrogens with zero attached hydrogens (tertiary/aromatic N) is 1. The van der Waals surface area contributed by atoms with Gasteiger partial charge in [0.15, 0.2) is 0 Å². The van der Waals surface area contributed by atoms with Gasteiger partial charge in [0.25, 0.3) is 0 Å². The van der Waals surface area contributed by atoms with Gasteiger partial charge >= 0.3 is 6.36 Å². The molecule has 0 saturated carbocycles. The van der Waals surface area contributed by atoms with E-state index in [4.69, 9.17) is 5.73 Å². The maximum Gasteiger partial charge on any atom is 0.573 e. The molecule has 3 N–H and O–H groups in total. The van der Waals surface area contributed by atoms with Crippen LogP contribution in [0.3, 0.4) is 0 Å². The smallest absolute Gasteiger partial charge is 0.406 e. The van der Waals surface area contributed by atoms with E-state index in [0.29, 0.717) is 31.0 Å². The van der Waals surface area contributed by atoms with Gasteiger partial charge in [0.05, 0.1) is 6.04 Å². The molecule has 0 aliphatic carbocycles. The lowest BCUT2D eigenvalue weighted by Gasteiger charge is -2.36. The fourth-order valence-electron chi connectivity index (χ4n) is 3.18. The fourth-order valence-corrected chi connectivity index (χ4v) is 3.18. The molecule has 150 valence electrons. The Morgan fingerprint density at radius 2 is 2.00 bits per heavy atom. The number of rotatable bonds is 7. The first kappa shape index (κ1) is 21.0. The summed E-state index contributed by atoms with van der Waals surface area (Å²) in [7, 11) is 0. The van der Waals surface area contributed by atoms with Gasteiger partial charge in [0.1, 0.15) is 5.75 Å². The lowest BCUT2D eigenvalue weighted by atomic mass is 9.92. The summed E-state index contributed by atoms with van der Waals surface area (Å²) in [6.45, 7) is 3.27. The number of carbonyl (C=O) groups excluding carboxylic acids is 2. The van der Waals surface area contributed by atoms with Gasteiger partial charge in [0, 0.05) is 18.7 Å². The average Bonchev–Trinajstić information content (AvgIpc) is 2.60. The van der Waals surface area contributed by atoms with Crippen LogP contribution < -0.4 is 15.8 Å². The standard InChI is InChI=1S/C18H24F3N3O3/c1-12(24-10-2-3-13(11-24)4-9-16(22)25)17(26)23-14-5-7-15(8-6-14)27-18(19,20)21/h5-8,12-13H,2-4,9-11H2,1H3,(H2,22,25)(H,23,26). The summed E-state index contributed by atoms with van der Waals surface area (Å²) in [5.74, 6) is -0.590. The fraction of sp³-hybridized carbons (Fsp3) is 0.556. The number of anilines is 1. The van der Waals surface area contributed by atoms with Gasteiger partial charge in [-0.25, -0.2) is 0 Å². The number of nitrogens with one attached hydrogen (secondary N) is 1. The highest BCUT2D eigenvalue weighted by Gasteiger charge is 2.31. The number of likely N-dealkylation sites (tertiary alicyclic amines) is 1. The number of alkyl halides is 3. The van der Waals surface area contributed by atoms with Crippen molar-refractivity contribution in [2.24, 2.45) is 11.7 Å². The van der Waals surface area contributed by atoms with Crippen molar-refractivity contribution in [2.75, 3.05) is 18.4 Å². The molecule has 9 heteroatoms. The molecule has 0 bridgehead atoms. The van der Waals surface area contributed by atoms with Crippen molar-refractivity contribution < 1.29 is 27.5 Å². The second-order valence-corrected chi connectivity index (χ2v) is 6.75. The molecule has 1 aromatic carbocycles. The molecule has 1 aliphatic rings. The Bertz CT molecular complexity index is 649. The first-order valence-electron chi connectivity index (χ1n) is 8.83. The second kappa shape index (κ2) is 9.07.